The molecule has 0 aromatic heterocycles. The van der Waals surface area contributed by atoms with Gasteiger partial charge in [0.25, 0.3) is 0 Å². The van der Waals surface area contributed by atoms with Gasteiger partial charge in [-0.15, -0.1) is 0 Å². The first kappa shape index (κ1) is 10.6. The van der Waals surface area contributed by atoms with Crippen LogP contribution in [0.4, 0.5) is 10.5 Å². The van der Waals surface area contributed by atoms with Gasteiger partial charge < -0.3 is 14.6 Å². The molecule has 1 aliphatic rings. The maximum absolute atomic E-state index is 10.8. The largest absolute Gasteiger partial charge is 0.490 e. The number of rotatable bonds is 1. The van der Waals surface area contributed by atoms with Gasteiger partial charge in [0.15, 0.2) is 11.5 Å². The van der Waals surface area contributed by atoms with Gasteiger partial charge in [-0.3, -0.25) is 4.90 Å². The lowest BCUT2D eigenvalue weighted by Gasteiger charge is -2.15. The van der Waals surface area contributed by atoms with Gasteiger partial charge in [-0.1, -0.05) is 0 Å². The standard InChI is InChI=1S/C11H13NO4/c1-12(11(13)14)8-3-4-9-10(7-8)16-6-2-5-15-9/h3-4,7H,2,5-6H2,1H3,(H,13,14). The van der Waals surface area contributed by atoms with Crippen molar-refractivity contribution in [3.8, 4) is 11.5 Å². The van der Waals surface area contributed by atoms with E-state index in [1.165, 1.54) is 7.05 Å². The van der Waals surface area contributed by atoms with E-state index in [0.717, 1.165) is 11.3 Å². The Balaban J connectivity index is 2.30. The van der Waals surface area contributed by atoms with Crippen LogP contribution >= 0.6 is 0 Å². The van der Waals surface area contributed by atoms with Crippen LogP contribution in [0.2, 0.25) is 0 Å². The van der Waals surface area contributed by atoms with Gasteiger partial charge in [0.05, 0.1) is 18.9 Å². The topological polar surface area (TPSA) is 59.0 Å². The van der Waals surface area contributed by atoms with Crippen molar-refractivity contribution in [2.24, 2.45) is 0 Å². The van der Waals surface area contributed by atoms with E-state index >= 15 is 0 Å². The van der Waals surface area contributed by atoms with Crippen LogP contribution in [0.1, 0.15) is 6.42 Å². The van der Waals surface area contributed by atoms with Crippen LogP contribution in [0, 0.1) is 0 Å². The highest BCUT2D eigenvalue weighted by Gasteiger charge is 2.14. The van der Waals surface area contributed by atoms with Gasteiger partial charge in [-0.05, 0) is 12.1 Å². The molecule has 86 valence electrons. The van der Waals surface area contributed by atoms with E-state index < -0.39 is 6.09 Å². The molecule has 0 fully saturated rings. The number of ether oxygens (including phenoxy) is 2. The highest BCUT2D eigenvalue weighted by Crippen LogP contribution is 2.33. The molecule has 1 heterocycles. The van der Waals surface area contributed by atoms with Gasteiger partial charge in [0.2, 0.25) is 0 Å². The maximum Gasteiger partial charge on any atom is 0.411 e. The molecule has 1 N–H and O–H groups in total. The number of hydrogen-bond acceptors (Lipinski definition) is 3. The zero-order valence-corrected chi connectivity index (χ0v) is 8.97. The number of benzene rings is 1. The Hall–Kier alpha value is -1.91. The summed E-state index contributed by atoms with van der Waals surface area (Å²) in [6.07, 6.45) is -0.173. The smallest absolute Gasteiger partial charge is 0.411 e. The third kappa shape index (κ3) is 2.03. The number of carboxylic acid groups (broad SMARTS) is 1. The molecule has 0 radical (unpaired) electrons. The molecule has 0 aliphatic carbocycles. The van der Waals surface area contributed by atoms with Gasteiger partial charge in [0, 0.05) is 19.5 Å². The van der Waals surface area contributed by atoms with Crippen molar-refractivity contribution in [2.45, 2.75) is 6.42 Å². The third-order valence-corrected chi connectivity index (χ3v) is 2.41. The number of hydrogen-bond donors (Lipinski definition) is 1. The zero-order valence-electron chi connectivity index (χ0n) is 8.97. The van der Waals surface area contributed by atoms with Crippen LogP contribution in [0.3, 0.4) is 0 Å². The molecule has 5 heteroatoms. The molecule has 1 aliphatic heterocycles. The summed E-state index contributed by atoms with van der Waals surface area (Å²) >= 11 is 0. The van der Waals surface area contributed by atoms with Crippen LogP contribution in [-0.4, -0.2) is 31.5 Å². The van der Waals surface area contributed by atoms with Crippen LogP contribution in [0.15, 0.2) is 18.2 Å². The highest BCUT2D eigenvalue weighted by molar-refractivity contribution is 5.85. The molecule has 1 amide bonds. The van der Waals surface area contributed by atoms with E-state index in [1.807, 2.05) is 0 Å². The summed E-state index contributed by atoms with van der Waals surface area (Å²) in [6.45, 7) is 1.22. The van der Waals surface area contributed by atoms with E-state index in [-0.39, 0.29) is 0 Å². The summed E-state index contributed by atoms with van der Waals surface area (Å²) in [5, 5.41) is 8.85. The van der Waals surface area contributed by atoms with E-state index in [0.29, 0.717) is 30.4 Å². The molecule has 2 rings (SSSR count). The second-order valence-corrected chi connectivity index (χ2v) is 3.52. The summed E-state index contributed by atoms with van der Waals surface area (Å²) in [7, 11) is 1.49. The number of anilines is 1. The zero-order chi connectivity index (χ0) is 11.5. The SMILES string of the molecule is CN(C(=O)O)c1ccc2c(c1)OCCCO2. The van der Waals surface area contributed by atoms with Crippen molar-refractivity contribution in [3.63, 3.8) is 0 Å². The summed E-state index contributed by atoms with van der Waals surface area (Å²) in [5.74, 6) is 1.27. The summed E-state index contributed by atoms with van der Waals surface area (Å²) in [4.78, 5) is 11.9. The minimum absolute atomic E-state index is 0.566. The van der Waals surface area contributed by atoms with E-state index in [2.05, 4.69) is 0 Å². The monoisotopic (exact) mass is 223 g/mol. The Kier molecular flexibility index (Phi) is 2.85. The maximum atomic E-state index is 10.8. The predicted octanol–water partition coefficient (Wildman–Crippen LogP) is 1.96. The lowest BCUT2D eigenvalue weighted by molar-refractivity contribution is 0.203. The average Bonchev–Trinajstić information content (AvgIpc) is 2.51. The van der Waals surface area contributed by atoms with Crippen molar-refractivity contribution < 1.29 is 19.4 Å². The molecule has 0 bridgehead atoms. The molecule has 0 atom stereocenters. The van der Waals surface area contributed by atoms with Crippen molar-refractivity contribution in [1.82, 2.24) is 0 Å². The van der Waals surface area contributed by atoms with Crippen molar-refractivity contribution in [3.05, 3.63) is 18.2 Å². The van der Waals surface area contributed by atoms with Crippen molar-refractivity contribution in [2.75, 3.05) is 25.2 Å². The fraction of sp³-hybridized carbons (Fsp3) is 0.364. The van der Waals surface area contributed by atoms with Gasteiger partial charge in [-0.2, -0.15) is 0 Å². The number of amides is 1. The fourth-order valence-corrected chi connectivity index (χ4v) is 1.47. The van der Waals surface area contributed by atoms with Gasteiger partial charge in [0.1, 0.15) is 0 Å². The first-order valence-corrected chi connectivity index (χ1v) is 5.05. The van der Waals surface area contributed by atoms with Crippen LogP contribution in [0.5, 0.6) is 11.5 Å². The van der Waals surface area contributed by atoms with Crippen LogP contribution in [0.25, 0.3) is 0 Å². The molecule has 0 saturated carbocycles. The number of carbonyl (C=O) groups is 1. The minimum Gasteiger partial charge on any atom is -0.490 e. The quantitative estimate of drug-likeness (QED) is 0.790. The lowest BCUT2D eigenvalue weighted by atomic mass is 10.2. The molecule has 16 heavy (non-hydrogen) atoms. The van der Waals surface area contributed by atoms with Gasteiger partial charge >= 0.3 is 6.09 Å². The predicted molar refractivity (Wildman–Crippen MR) is 58.5 cm³/mol. The summed E-state index contributed by atoms with van der Waals surface area (Å²) in [5.41, 5.74) is 0.566. The van der Waals surface area contributed by atoms with Crippen molar-refractivity contribution >= 4 is 11.8 Å². The Labute approximate surface area is 93.2 Å². The van der Waals surface area contributed by atoms with E-state index in [1.54, 1.807) is 18.2 Å². The summed E-state index contributed by atoms with van der Waals surface area (Å²) < 4.78 is 10.9. The third-order valence-electron chi connectivity index (χ3n) is 2.41. The van der Waals surface area contributed by atoms with Gasteiger partial charge in [-0.25, -0.2) is 4.79 Å². The molecule has 5 nitrogen and oxygen atoms in total. The Bertz CT molecular complexity index is 405. The average molecular weight is 223 g/mol. The number of nitrogens with zero attached hydrogens (tertiary/aromatic N) is 1. The Morgan fingerprint density at radius 3 is 2.69 bits per heavy atom. The second-order valence-electron chi connectivity index (χ2n) is 3.52. The summed E-state index contributed by atoms with van der Waals surface area (Å²) in [6, 6.07) is 5.10. The normalized spacial score (nSPS) is 14.1. The second kappa shape index (κ2) is 4.30. The molecule has 0 spiro atoms. The first-order valence-electron chi connectivity index (χ1n) is 5.05. The highest BCUT2D eigenvalue weighted by atomic mass is 16.5. The molecule has 0 unspecified atom stereocenters. The van der Waals surface area contributed by atoms with E-state index in [9.17, 15) is 4.79 Å². The fourth-order valence-electron chi connectivity index (χ4n) is 1.47. The minimum atomic E-state index is -1.01. The molecule has 0 saturated heterocycles. The molecular formula is C11H13NO4. The van der Waals surface area contributed by atoms with Crippen molar-refractivity contribution in [1.29, 1.82) is 0 Å². The van der Waals surface area contributed by atoms with E-state index in [4.69, 9.17) is 14.6 Å². The Morgan fingerprint density at radius 2 is 2.00 bits per heavy atom. The van der Waals surface area contributed by atoms with Crippen LogP contribution < -0.4 is 14.4 Å². The molecular weight excluding hydrogens is 210 g/mol. The number of fused-ring (bicyclic) bond motifs is 1. The molecule has 1 aromatic carbocycles. The lowest BCUT2D eigenvalue weighted by Crippen LogP contribution is -2.23. The molecule has 1 aromatic rings. The Morgan fingerprint density at radius 1 is 1.31 bits per heavy atom. The first-order chi connectivity index (χ1) is 7.68. The van der Waals surface area contributed by atoms with Crippen LogP contribution in [-0.2, 0) is 0 Å².